The number of benzene rings is 2. The Bertz CT molecular complexity index is 830. The van der Waals surface area contributed by atoms with Crippen LogP contribution in [0.15, 0.2) is 47.4 Å². The monoisotopic (exact) mass is 329 g/mol. The molecule has 0 radical (unpaired) electrons. The lowest BCUT2D eigenvalue weighted by Crippen LogP contribution is -2.40. The van der Waals surface area contributed by atoms with Gasteiger partial charge in [-0.3, -0.25) is 0 Å². The summed E-state index contributed by atoms with van der Waals surface area (Å²) < 4.78 is 28.4. The van der Waals surface area contributed by atoms with Gasteiger partial charge in [-0.15, -0.1) is 0 Å². The SMILES string of the molecule is C[C@H](NS(=O)(=O)c1ccc2ccccc2c1)[C@@H]1C[C@@H]2CC[C@@H]1C2. The highest BCUT2D eigenvalue weighted by molar-refractivity contribution is 7.89. The fourth-order valence-electron chi connectivity index (χ4n) is 4.64. The van der Waals surface area contributed by atoms with Gasteiger partial charge in [-0.25, -0.2) is 13.1 Å². The van der Waals surface area contributed by atoms with Crippen LogP contribution < -0.4 is 4.72 Å². The maximum atomic E-state index is 12.7. The summed E-state index contributed by atoms with van der Waals surface area (Å²) in [5.74, 6) is 2.05. The number of nitrogens with one attached hydrogen (secondary N) is 1. The Balaban J connectivity index is 1.56. The fraction of sp³-hybridized carbons (Fsp3) is 0.474. The summed E-state index contributed by atoms with van der Waals surface area (Å²) in [5, 5.41) is 2.02. The molecule has 0 aromatic heterocycles. The molecule has 0 spiro atoms. The van der Waals surface area contributed by atoms with E-state index >= 15 is 0 Å². The summed E-state index contributed by atoms with van der Waals surface area (Å²) in [6, 6.07) is 13.2. The summed E-state index contributed by atoms with van der Waals surface area (Å²) in [4.78, 5) is 0.367. The highest BCUT2D eigenvalue weighted by Gasteiger charge is 2.42. The number of hydrogen-bond acceptors (Lipinski definition) is 2. The summed E-state index contributed by atoms with van der Waals surface area (Å²) in [6.07, 6.45) is 5.10. The molecule has 2 aromatic rings. The third-order valence-electron chi connectivity index (χ3n) is 5.81. The molecule has 2 aliphatic carbocycles. The Morgan fingerprint density at radius 3 is 2.52 bits per heavy atom. The zero-order valence-electron chi connectivity index (χ0n) is 13.4. The molecule has 0 unspecified atom stereocenters. The molecule has 2 saturated carbocycles. The molecule has 2 aliphatic rings. The second kappa shape index (κ2) is 5.60. The Labute approximate surface area is 138 Å². The van der Waals surface area contributed by atoms with Crippen LogP contribution in [0.2, 0.25) is 0 Å². The van der Waals surface area contributed by atoms with Gasteiger partial charge in [-0.2, -0.15) is 0 Å². The van der Waals surface area contributed by atoms with Crippen LogP contribution in [0.1, 0.15) is 32.6 Å². The average Bonchev–Trinajstić information content (AvgIpc) is 3.17. The van der Waals surface area contributed by atoms with Crippen molar-refractivity contribution in [2.24, 2.45) is 17.8 Å². The lowest BCUT2D eigenvalue weighted by molar-refractivity contribution is 0.280. The van der Waals surface area contributed by atoms with Crippen molar-refractivity contribution in [3.05, 3.63) is 42.5 Å². The van der Waals surface area contributed by atoms with E-state index in [1.165, 1.54) is 25.7 Å². The Kier molecular flexibility index (Phi) is 3.69. The first-order valence-electron chi connectivity index (χ1n) is 8.54. The molecule has 4 rings (SSSR count). The van der Waals surface area contributed by atoms with Gasteiger partial charge in [0.15, 0.2) is 0 Å². The van der Waals surface area contributed by atoms with Gasteiger partial charge in [0, 0.05) is 6.04 Å². The molecule has 3 nitrogen and oxygen atoms in total. The van der Waals surface area contributed by atoms with Crippen molar-refractivity contribution in [1.29, 1.82) is 0 Å². The quantitative estimate of drug-likeness (QED) is 0.923. The van der Waals surface area contributed by atoms with E-state index < -0.39 is 10.0 Å². The van der Waals surface area contributed by atoms with Crippen molar-refractivity contribution < 1.29 is 8.42 Å². The molecule has 0 amide bonds. The zero-order chi connectivity index (χ0) is 16.0. The van der Waals surface area contributed by atoms with Gasteiger partial charge >= 0.3 is 0 Å². The maximum Gasteiger partial charge on any atom is 0.240 e. The number of rotatable bonds is 4. The molecule has 2 fully saturated rings. The smallest absolute Gasteiger partial charge is 0.208 e. The van der Waals surface area contributed by atoms with Crippen LogP contribution in [0, 0.1) is 17.8 Å². The molecule has 23 heavy (non-hydrogen) atoms. The van der Waals surface area contributed by atoms with Crippen LogP contribution in [0.3, 0.4) is 0 Å². The average molecular weight is 329 g/mol. The second-order valence-corrected chi connectivity index (χ2v) is 8.97. The van der Waals surface area contributed by atoms with Crippen LogP contribution in [0.25, 0.3) is 10.8 Å². The van der Waals surface area contributed by atoms with Crippen LogP contribution in [0.5, 0.6) is 0 Å². The van der Waals surface area contributed by atoms with Crippen molar-refractivity contribution >= 4 is 20.8 Å². The van der Waals surface area contributed by atoms with E-state index in [9.17, 15) is 8.42 Å². The maximum absolute atomic E-state index is 12.7. The predicted molar refractivity (Wildman–Crippen MR) is 92.7 cm³/mol. The third-order valence-corrected chi connectivity index (χ3v) is 7.36. The lowest BCUT2D eigenvalue weighted by Gasteiger charge is -2.28. The standard InChI is InChI=1S/C19H23NO2S/c1-13(19-11-14-6-7-17(19)10-14)20-23(21,22)18-9-8-15-4-2-3-5-16(15)12-18/h2-5,8-9,12-14,17,19-20H,6-7,10-11H2,1H3/t13-,14+,17+,19-/m0/s1. The molecule has 4 atom stereocenters. The number of sulfonamides is 1. The first-order chi connectivity index (χ1) is 11.0. The van der Waals surface area contributed by atoms with Crippen molar-refractivity contribution in [2.75, 3.05) is 0 Å². The minimum atomic E-state index is -3.46. The Hall–Kier alpha value is -1.39. The Morgan fingerprint density at radius 2 is 1.83 bits per heavy atom. The lowest BCUT2D eigenvalue weighted by atomic mass is 9.84. The van der Waals surface area contributed by atoms with E-state index in [2.05, 4.69) is 4.72 Å². The van der Waals surface area contributed by atoms with E-state index in [1.807, 2.05) is 37.3 Å². The first kappa shape index (κ1) is 15.2. The molecule has 2 bridgehead atoms. The summed E-state index contributed by atoms with van der Waals surface area (Å²) in [7, 11) is -3.46. The Morgan fingerprint density at radius 1 is 1.04 bits per heavy atom. The number of fused-ring (bicyclic) bond motifs is 3. The summed E-state index contributed by atoms with van der Waals surface area (Å²) in [6.45, 7) is 2.03. The predicted octanol–water partition coefficient (Wildman–Crippen LogP) is 3.94. The van der Waals surface area contributed by atoms with Crippen LogP contribution in [0.4, 0.5) is 0 Å². The van der Waals surface area contributed by atoms with Gasteiger partial charge in [-0.05, 0) is 66.8 Å². The second-order valence-electron chi connectivity index (χ2n) is 7.26. The van der Waals surface area contributed by atoms with E-state index in [1.54, 1.807) is 12.1 Å². The number of hydrogen-bond donors (Lipinski definition) is 1. The zero-order valence-corrected chi connectivity index (χ0v) is 14.2. The van der Waals surface area contributed by atoms with E-state index in [4.69, 9.17) is 0 Å². The van der Waals surface area contributed by atoms with E-state index in [-0.39, 0.29) is 6.04 Å². The minimum Gasteiger partial charge on any atom is -0.208 e. The summed E-state index contributed by atoms with van der Waals surface area (Å²) >= 11 is 0. The fourth-order valence-corrected chi connectivity index (χ4v) is 5.97. The molecule has 0 saturated heterocycles. The largest absolute Gasteiger partial charge is 0.240 e. The van der Waals surface area contributed by atoms with Crippen molar-refractivity contribution in [1.82, 2.24) is 4.72 Å². The topological polar surface area (TPSA) is 46.2 Å². The molecule has 0 aliphatic heterocycles. The van der Waals surface area contributed by atoms with Crippen molar-refractivity contribution in [3.63, 3.8) is 0 Å². The van der Waals surface area contributed by atoms with E-state index in [0.29, 0.717) is 16.7 Å². The van der Waals surface area contributed by atoms with Crippen molar-refractivity contribution in [2.45, 2.75) is 43.5 Å². The molecule has 0 heterocycles. The molecule has 2 aromatic carbocycles. The molecular weight excluding hydrogens is 306 g/mol. The third kappa shape index (κ3) is 2.79. The highest BCUT2D eigenvalue weighted by atomic mass is 32.2. The van der Waals surface area contributed by atoms with Crippen LogP contribution >= 0.6 is 0 Å². The minimum absolute atomic E-state index is 0.0155. The van der Waals surface area contributed by atoms with Crippen molar-refractivity contribution in [3.8, 4) is 0 Å². The van der Waals surface area contributed by atoms with E-state index in [0.717, 1.165) is 16.7 Å². The van der Waals surface area contributed by atoms with Crippen LogP contribution in [-0.2, 0) is 10.0 Å². The highest BCUT2D eigenvalue weighted by Crippen LogP contribution is 2.49. The summed E-state index contributed by atoms with van der Waals surface area (Å²) in [5.41, 5.74) is 0. The normalized spacial score (nSPS) is 28.3. The molecular formula is C19H23NO2S. The van der Waals surface area contributed by atoms with Crippen LogP contribution in [-0.4, -0.2) is 14.5 Å². The van der Waals surface area contributed by atoms with Gasteiger partial charge in [0.1, 0.15) is 0 Å². The molecule has 1 N–H and O–H groups in total. The van der Waals surface area contributed by atoms with Gasteiger partial charge < -0.3 is 0 Å². The van der Waals surface area contributed by atoms with Gasteiger partial charge in [0.05, 0.1) is 4.90 Å². The van der Waals surface area contributed by atoms with Gasteiger partial charge in [0.2, 0.25) is 10.0 Å². The first-order valence-corrected chi connectivity index (χ1v) is 10.0. The molecule has 122 valence electrons. The van der Waals surface area contributed by atoms with Gasteiger partial charge in [-0.1, -0.05) is 36.8 Å². The molecule has 4 heteroatoms. The van der Waals surface area contributed by atoms with Gasteiger partial charge in [0.25, 0.3) is 0 Å².